The van der Waals surface area contributed by atoms with Crippen LogP contribution in [0.1, 0.15) is 11.3 Å². The summed E-state index contributed by atoms with van der Waals surface area (Å²) in [6.45, 7) is 2.71. The van der Waals surface area contributed by atoms with Gasteiger partial charge in [0, 0.05) is 18.4 Å². The lowest BCUT2D eigenvalue weighted by Crippen LogP contribution is -1.99. The largest absolute Gasteiger partial charge is 0.356 e. The summed E-state index contributed by atoms with van der Waals surface area (Å²) in [6, 6.07) is 4.05. The molecule has 1 N–H and O–H groups in total. The molecule has 0 saturated heterocycles. The molecule has 0 aliphatic heterocycles. The van der Waals surface area contributed by atoms with Gasteiger partial charge < -0.3 is 5.32 Å². The second-order valence-corrected chi connectivity index (χ2v) is 3.74. The van der Waals surface area contributed by atoms with Crippen LogP contribution in [0.15, 0.2) is 23.8 Å². The molecule has 0 spiro atoms. The zero-order valence-electron chi connectivity index (χ0n) is 7.77. The van der Waals surface area contributed by atoms with Crippen LogP contribution >= 0.6 is 11.3 Å². The first-order chi connectivity index (χ1) is 6.84. The van der Waals surface area contributed by atoms with E-state index in [9.17, 15) is 0 Å². The molecule has 5 heteroatoms. The maximum Gasteiger partial charge on any atom is 0.205 e. The van der Waals surface area contributed by atoms with E-state index < -0.39 is 0 Å². The van der Waals surface area contributed by atoms with Gasteiger partial charge in [-0.2, -0.15) is 0 Å². The minimum absolute atomic E-state index is 0.739. The molecule has 14 heavy (non-hydrogen) atoms. The highest BCUT2D eigenvalue weighted by Gasteiger charge is 1.96. The molecule has 2 aromatic heterocycles. The molecule has 0 aromatic carbocycles. The van der Waals surface area contributed by atoms with Crippen molar-refractivity contribution in [3.05, 3.63) is 35.1 Å². The maximum absolute atomic E-state index is 4.21. The predicted molar refractivity (Wildman–Crippen MR) is 56.2 cm³/mol. The number of rotatable bonds is 3. The standard InChI is InChI=1S/C9H10N4S/c1-7-2-3-8(4-10-7)5-11-9-13-12-6-14-9/h2-4,6H,5H2,1H3,(H,11,13). The van der Waals surface area contributed by atoms with Gasteiger partial charge in [0.2, 0.25) is 5.13 Å². The van der Waals surface area contributed by atoms with Crippen LogP contribution in [0.2, 0.25) is 0 Å². The summed E-state index contributed by atoms with van der Waals surface area (Å²) in [5.74, 6) is 0. The number of pyridine rings is 1. The van der Waals surface area contributed by atoms with Crippen molar-refractivity contribution >= 4 is 16.5 Å². The van der Waals surface area contributed by atoms with Gasteiger partial charge in [0.1, 0.15) is 5.51 Å². The Morgan fingerprint density at radius 3 is 3.00 bits per heavy atom. The van der Waals surface area contributed by atoms with Crippen molar-refractivity contribution < 1.29 is 0 Å². The number of aromatic nitrogens is 3. The van der Waals surface area contributed by atoms with E-state index >= 15 is 0 Å². The van der Waals surface area contributed by atoms with Crippen molar-refractivity contribution in [3.8, 4) is 0 Å². The minimum atomic E-state index is 0.739. The molecule has 2 rings (SSSR count). The van der Waals surface area contributed by atoms with Crippen LogP contribution in [0.25, 0.3) is 0 Å². The van der Waals surface area contributed by atoms with Gasteiger partial charge >= 0.3 is 0 Å². The van der Waals surface area contributed by atoms with Gasteiger partial charge in [-0.05, 0) is 18.6 Å². The Labute approximate surface area is 86.0 Å². The van der Waals surface area contributed by atoms with Gasteiger partial charge in [-0.15, -0.1) is 10.2 Å². The van der Waals surface area contributed by atoms with E-state index in [-0.39, 0.29) is 0 Å². The van der Waals surface area contributed by atoms with Crippen LogP contribution in [0.5, 0.6) is 0 Å². The van der Waals surface area contributed by atoms with Gasteiger partial charge in [-0.25, -0.2) is 0 Å². The van der Waals surface area contributed by atoms with E-state index in [1.54, 1.807) is 5.51 Å². The Bertz CT molecular complexity index is 382. The van der Waals surface area contributed by atoms with Crippen LogP contribution in [0, 0.1) is 6.92 Å². The fraction of sp³-hybridized carbons (Fsp3) is 0.222. The first-order valence-electron chi connectivity index (χ1n) is 4.26. The lowest BCUT2D eigenvalue weighted by atomic mass is 10.2. The fourth-order valence-corrected chi connectivity index (χ4v) is 1.47. The normalized spacial score (nSPS) is 10.1. The maximum atomic E-state index is 4.21. The monoisotopic (exact) mass is 206 g/mol. The minimum Gasteiger partial charge on any atom is -0.356 e. The molecule has 4 nitrogen and oxygen atoms in total. The molecule has 0 atom stereocenters. The summed E-state index contributed by atoms with van der Waals surface area (Å²) in [5, 5.41) is 11.6. The van der Waals surface area contributed by atoms with Crippen LogP contribution < -0.4 is 5.32 Å². The van der Waals surface area contributed by atoms with Crippen molar-refractivity contribution in [1.29, 1.82) is 0 Å². The van der Waals surface area contributed by atoms with Crippen molar-refractivity contribution in [2.24, 2.45) is 0 Å². The number of nitrogens with one attached hydrogen (secondary N) is 1. The van der Waals surface area contributed by atoms with E-state index in [2.05, 4.69) is 26.6 Å². The molecule has 2 heterocycles. The number of nitrogens with zero attached hydrogens (tertiary/aromatic N) is 3. The molecule has 2 aromatic rings. The first-order valence-corrected chi connectivity index (χ1v) is 5.14. The predicted octanol–water partition coefficient (Wildman–Crippen LogP) is 1.85. The molecule has 0 unspecified atom stereocenters. The summed E-state index contributed by atoms with van der Waals surface area (Å²) in [4.78, 5) is 4.21. The van der Waals surface area contributed by atoms with E-state index in [1.165, 1.54) is 11.3 Å². The summed E-state index contributed by atoms with van der Waals surface area (Å²) >= 11 is 1.49. The van der Waals surface area contributed by atoms with E-state index in [0.717, 1.165) is 22.9 Å². The Kier molecular flexibility index (Phi) is 2.69. The van der Waals surface area contributed by atoms with Crippen LogP contribution in [-0.2, 0) is 6.54 Å². The molecule has 0 fully saturated rings. The van der Waals surface area contributed by atoms with E-state index in [1.807, 2.05) is 19.2 Å². The Morgan fingerprint density at radius 1 is 1.43 bits per heavy atom. The molecule has 0 amide bonds. The molecule has 0 aliphatic rings. The summed E-state index contributed by atoms with van der Waals surface area (Å²) in [6.07, 6.45) is 1.86. The smallest absolute Gasteiger partial charge is 0.205 e. The van der Waals surface area contributed by atoms with Gasteiger partial charge in [-0.3, -0.25) is 4.98 Å². The highest BCUT2D eigenvalue weighted by atomic mass is 32.1. The van der Waals surface area contributed by atoms with Crippen molar-refractivity contribution in [1.82, 2.24) is 15.2 Å². The Morgan fingerprint density at radius 2 is 2.36 bits per heavy atom. The van der Waals surface area contributed by atoms with Gasteiger partial charge in [0.25, 0.3) is 0 Å². The van der Waals surface area contributed by atoms with Crippen molar-refractivity contribution in [3.63, 3.8) is 0 Å². The van der Waals surface area contributed by atoms with Crippen LogP contribution in [0.3, 0.4) is 0 Å². The number of hydrogen-bond donors (Lipinski definition) is 1. The second-order valence-electron chi connectivity index (χ2n) is 2.91. The van der Waals surface area contributed by atoms with Crippen molar-refractivity contribution in [2.45, 2.75) is 13.5 Å². The average molecular weight is 206 g/mol. The molecular formula is C9H10N4S. The third-order valence-electron chi connectivity index (χ3n) is 1.78. The number of hydrogen-bond acceptors (Lipinski definition) is 5. The summed E-state index contributed by atoms with van der Waals surface area (Å²) in [7, 11) is 0. The molecule has 72 valence electrons. The van der Waals surface area contributed by atoms with Crippen molar-refractivity contribution in [2.75, 3.05) is 5.32 Å². The van der Waals surface area contributed by atoms with Gasteiger partial charge in [0.15, 0.2) is 0 Å². The first kappa shape index (κ1) is 9.08. The third-order valence-corrected chi connectivity index (χ3v) is 2.43. The number of anilines is 1. The lowest BCUT2D eigenvalue weighted by Gasteiger charge is -2.01. The van der Waals surface area contributed by atoms with Gasteiger partial charge in [0.05, 0.1) is 0 Å². The average Bonchev–Trinajstić information content (AvgIpc) is 2.70. The summed E-state index contributed by atoms with van der Waals surface area (Å²) < 4.78 is 0. The molecule has 0 aliphatic carbocycles. The highest BCUT2D eigenvalue weighted by Crippen LogP contribution is 2.09. The molecular weight excluding hydrogens is 196 g/mol. The fourth-order valence-electron chi connectivity index (χ4n) is 1.03. The van der Waals surface area contributed by atoms with Crippen LogP contribution in [0.4, 0.5) is 5.13 Å². The third kappa shape index (κ3) is 2.26. The summed E-state index contributed by atoms with van der Waals surface area (Å²) in [5.41, 5.74) is 3.88. The second kappa shape index (κ2) is 4.15. The van der Waals surface area contributed by atoms with Gasteiger partial charge in [-0.1, -0.05) is 17.4 Å². The zero-order chi connectivity index (χ0) is 9.80. The lowest BCUT2D eigenvalue weighted by molar-refractivity contribution is 1.04. The molecule has 0 bridgehead atoms. The Hall–Kier alpha value is -1.49. The Balaban J connectivity index is 1.95. The number of aryl methyl sites for hydroxylation is 1. The topological polar surface area (TPSA) is 50.7 Å². The van der Waals surface area contributed by atoms with E-state index in [4.69, 9.17) is 0 Å². The van der Waals surface area contributed by atoms with E-state index in [0.29, 0.717) is 0 Å². The zero-order valence-corrected chi connectivity index (χ0v) is 8.58. The highest BCUT2D eigenvalue weighted by molar-refractivity contribution is 7.13. The quantitative estimate of drug-likeness (QED) is 0.832. The SMILES string of the molecule is Cc1ccc(CNc2nncs2)cn1. The molecule has 0 radical (unpaired) electrons. The molecule has 0 saturated carbocycles. The van der Waals surface area contributed by atoms with Crippen LogP contribution in [-0.4, -0.2) is 15.2 Å².